The van der Waals surface area contributed by atoms with Crippen molar-refractivity contribution in [2.75, 3.05) is 27.9 Å². The molecule has 3 heterocycles. The van der Waals surface area contributed by atoms with Crippen molar-refractivity contribution >= 4 is 23.7 Å². The average Bonchev–Trinajstić information content (AvgIpc) is 3.50. The molecule has 12 nitrogen and oxygen atoms in total. The van der Waals surface area contributed by atoms with Gasteiger partial charge in [0.1, 0.15) is 18.1 Å². The molecule has 3 aliphatic heterocycles. The van der Waals surface area contributed by atoms with Crippen molar-refractivity contribution in [1.82, 2.24) is 15.5 Å². The molecule has 2 N–H and O–H groups in total. The Labute approximate surface area is 227 Å². The molecule has 3 aliphatic rings. The molecule has 5 atom stereocenters. The van der Waals surface area contributed by atoms with Gasteiger partial charge in [0.05, 0.1) is 27.8 Å². The van der Waals surface area contributed by atoms with Gasteiger partial charge >= 0.3 is 5.97 Å². The van der Waals surface area contributed by atoms with E-state index in [2.05, 4.69) is 10.6 Å². The molecule has 0 bridgehead atoms. The summed E-state index contributed by atoms with van der Waals surface area (Å²) < 4.78 is 26.7. The number of hydrogen-bond donors (Lipinski definition) is 2. The van der Waals surface area contributed by atoms with E-state index in [4.69, 9.17) is 23.7 Å². The van der Waals surface area contributed by atoms with Crippen LogP contribution in [0.3, 0.4) is 0 Å². The molecular formula is C27H37N3O9. The number of hydrogen-bond acceptors (Lipinski definition) is 9. The molecule has 1 aromatic carbocycles. The first-order valence-electron chi connectivity index (χ1n) is 13.4. The first kappa shape index (κ1) is 28.5. The predicted octanol–water partition coefficient (Wildman–Crippen LogP) is 1.54. The lowest BCUT2D eigenvalue weighted by molar-refractivity contribution is -0.164. The van der Waals surface area contributed by atoms with Crippen LogP contribution in [0.15, 0.2) is 12.1 Å². The summed E-state index contributed by atoms with van der Waals surface area (Å²) in [6, 6.07) is 0.819. The Bertz CT molecular complexity index is 1070. The van der Waals surface area contributed by atoms with Crippen molar-refractivity contribution in [3.8, 4) is 17.2 Å². The second-order valence-corrected chi connectivity index (χ2v) is 9.85. The molecule has 3 saturated heterocycles. The minimum atomic E-state index is -0.850. The minimum absolute atomic E-state index is 0.00791. The first-order chi connectivity index (χ1) is 18.8. The minimum Gasteiger partial charge on any atom is -0.493 e. The summed E-state index contributed by atoms with van der Waals surface area (Å²) in [5, 5.41) is 5.73. The largest absolute Gasteiger partial charge is 0.493 e. The number of nitrogens with zero attached hydrogens (tertiary/aromatic N) is 1. The van der Waals surface area contributed by atoms with Gasteiger partial charge in [0.2, 0.25) is 23.9 Å². The van der Waals surface area contributed by atoms with Crippen LogP contribution < -0.4 is 24.8 Å². The number of carbonyl (C=O) groups excluding carboxylic acids is 4. The van der Waals surface area contributed by atoms with Crippen LogP contribution in [0.5, 0.6) is 17.2 Å². The molecule has 4 rings (SSSR count). The van der Waals surface area contributed by atoms with Gasteiger partial charge in [-0.25, -0.2) is 0 Å². The van der Waals surface area contributed by atoms with E-state index in [1.165, 1.54) is 33.5 Å². The Morgan fingerprint density at radius 3 is 2.31 bits per heavy atom. The maximum atomic E-state index is 13.8. The Hall–Kier alpha value is -3.54. The number of nitrogens with one attached hydrogen (secondary N) is 2. The number of ether oxygens (including phenoxy) is 5. The number of cyclic esters (lactones) is 1. The number of benzene rings is 1. The summed E-state index contributed by atoms with van der Waals surface area (Å²) in [5.41, 5.74) is 0.250. The van der Waals surface area contributed by atoms with Crippen LogP contribution in [0.2, 0.25) is 0 Å². The van der Waals surface area contributed by atoms with Gasteiger partial charge in [-0.3, -0.25) is 19.2 Å². The number of rotatable bonds is 9. The summed E-state index contributed by atoms with van der Waals surface area (Å²) in [5.74, 6) is -0.559. The third kappa shape index (κ3) is 6.05. The van der Waals surface area contributed by atoms with Crippen molar-refractivity contribution in [2.45, 2.75) is 82.3 Å². The average molecular weight is 548 g/mol. The standard InChI is InChI=1S/C27H37N3O9/c1-5-38-27-18(14-22(31)39-27)29-25(33)19-11-10-16-8-6-7-9-17(26(34)30(16)19)28-24(32)15-12-20(35-2)23(37-4)21(13-15)36-3/h12-13,16-19,27H,5-11,14H2,1-4H3,(H,28,32)(H,29,33)/t16-,17-,18?,19-,27?/m0/s1. The van der Waals surface area contributed by atoms with Gasteiger partial charge in [0.15, 0.2) is 11.5 Å². The second-order valence-electron chi connectivity index (χ2n) is 9.85. The Kier molecular flexibility index (Phi) is 9.16. The van der Waals surface area contributed by atoms with Crippen LogP contribution in [0.25, 0.3) is 0 Å². The van der Waals surface area contributed by atoms with E-state index in [0.29, 0.717) is 43.1 Å². The quantitative estimate of drug-likeness (QED) is 0.440. The topological polar surface area (TPSA) is 142 Å². The van der Waals surface area contributed by atoms with E-state index in [0.717, 1.165) is 19.3 Å². The van der Waals surface area contributed by atoms with Crippen LogP contribution in [-0.4, -0.2) is 87.0 Å². The molecule has 2 unspecified atom stereocenters. The number of fused-ring (bicyclic) bond motifs is 1. The number of methoxy groups -OCH3 is 3. The van der Waals surface area contributed by atoms with E-state index in [-0.39, 0.29) is 29.8 Å². The highest BCUT2D eigenvalue weighted by molar-refractivity contribution is 5.99. The van der Waals surface area contributed by atoms with Crippen molar-refractivity contribution in [3.05, 3.63) is 17.7 Å². The molecule has 1 aromatic rings. The highest BCUT2D eigenvalue weighted by atomic mass is 16.7. The van der Waals surface area contributed by atoms with Crippen LogP contribution in [0, 0.1) is 0 Å². The van der Waals surface area contributed by atoms with Gasteiger partial charge in [-0.15, -0.1) is 0 Å². The fraction of sp³-hybridized carbons (Fsp3) is 0.630. The van der Waals surface area contributed by atoms with Crippen LogP contribution in [-0.2, 0) is 23.9 Å². The van der Waals surface area contributed by atoms with Crippen molar-refractivity contribution in [1.29, 1.82) is 0 Å². The smallest absolute Gasteiger partial charge is 0.310 e. The van der Waals surface area contributed by atoms with Crippen LogP contribution in [0.4, 0.5) is 0 Å². The molecule has 3 amide bonds. The summed E-state index contributed by atoms with van der Waals surface area (Å²) in [7, 11) is 4.39. The zero-order chi connectivity index (χ0) is 28.1. The first-order valence-corrected chi connectivity index (χ1v) is 13.4. The monoisotopic (exact) mass is 547 g/mol. The van der Waals surface area contributed by atoms with E-state index in [1.807, 2.05) is 0 Å². The molecule has 214 valence electrons. The van der Waals surface area contributed by atoms with E-state index in [9.17, 15) is 19.2 Å². The highest BCUT2D eigenvalue weighted by Crippen LogP contribution is 2.38. The number of amides is 3. The Morgan fingerprint density at radius 1 is 0.974 bits per heavy atom. The number of esters is 1. The predicted molar refractivity (Wildman–Crippen MR) is 138 cm³/mol. The van der Waals surface area contributed by atoms with E-state index >= 15 is 0 Å². The number of carbonyl (C=O) groups is 4. The van der Waals surface area contributed by atoms with Crippen molar-refractivity contribution < 1.29 is 42.9 Å². The second kappa shape index (κ2) is 12.5. The van der Waals surface area contributed by atoms with E-state index in [1.54, 1.807) is 11.8 Å². The molecule has 3 fully saturated rings. The highest BCUT2D eigenvalue weighted by Gasteiger charge is 2.46. The normalized spacial score (nSPS) is 26.7. The lowest BCUT2D eigenvalue weighted by Crippen LogP contribution is -2.57. The third-order valence-corrected chi connectivity index (χ3v) is 7.49. The molecule has 12 heteroatoms. The molecule has 0 saturated carbocycles. The zero-order valence-electron chi connectivity index (χ0n) is 22.8. The third-order valence-electron chi connectivity index (χ3n) is 7.49. The van der Waals surface area contributed by atoms with E-state index < -0.39 is 36.3 Å². The Morgan fingerprint density at radius 2 is 1.67 bits per heavy atom. The van der Waals surface area contributed by atoms with Gasteiger partial charge in [-0.1, -0.05) is 12.8 Å². The fourth-order valence-corrected chi connectivity index (χ4v) is 5.62. The molecule has 39 heavy (non-hydrogen) atoms. The Balaban J connectivity index is 1.51. The molecule has 0 aliphatic carbocycles. The summed E-state index contributed by atoms with van der Waals surface area (Å²) >= 11 is 0. The van der Waals surface area contributed by atoms with Crippen molar-refractivity contribution in [2.24, 2.45) is 0 Å². The fourth-order valence-electron chi connectivity index (χ4n) is 5.62. The van der Waals surface area contributed by atoms with Gasteiger partial charge in [-0.2, -0.15) is 0 Å². The van der Waals surface area contributed by atoms with Gasteiger partial charge in [0, 0.05) is 18.2 Å². The molecular weight excluding hydrogens is 510 g/mol. The summed E-state index contributed by atoms with van der Waals surface area (Å²) in [6.07, 6.45) is 3.22. The van der Waals surface area contributed by atoms with Gasteiger partial charge < -0.3 is 39.2 Å². The maximum absolute atomic E-state index is 13.8. The van der Waals surface area contributed by atoms with Crippen molar-refractivity contribution in [3.63, 3.8) is 0 Å². The zero-order valence-corrected chi connectivity index (χ0v) is 22.8. The lowest BCUT2D eigenvalue weighted by atomic mass is 9.98. The molecule has 0 radical (unpaired) electrons. The van der Waals surface area contributed by atoms with Gasteiger partial charge in [-0.05, 0) is 44.7 Å². The SMILES string of the molecule is CCOC1OC(=O)CC1NC(=O)[C@@H]1CC[C@@H]2CCCC[C@H](NC(=O)c3cc(OC)c(OC)c(OC)c3)C(=O)N21. The summed E-state index contributed by atoms with van der Waals surface area (Å²) in [4.78, 5) is 53.9. The molecule has 0 aromatic heterocycles. The lowest BCUT2D eigenvalue weighted by Gasteiger charge is -2.35. The van der Waals surface area contributed by atoms with Crippen LogP contribution in [0.1, 0.15) is 62.2 Å². The molecule has 0 spiro atoms. The van der Waals surface area contributed by atoms with Crippen LogP contribution >= 0.6 is 0 Å². The van der Waals surface area contributed by atoms with Gasteiger partial charge in [0.25, 0.3) is 5.91 Å². The summed E-state index contributed by atoms with van der Waals surface area (Å²) in [6.45, 7) is 2.10. The maximum Gasteiger partial charge on any atom is 0.310 e.